The van der Waals surface area contributed by atoms with E-state index in [1.165, 1.54) is 5.56 Å². The van der Waals surface area contributed by atoms with Crippen molar-refractivity contribution < 1.29 is 4.74 Å². The number of nitrogens with one attached hydrogen (secondary N) is 1. The molecule has 23 heavy (non-hydrogen) atoms. The average molecular weight is 308 g/mol. The largest absolute Gasteiger partial charge is 0.457 e. The van der Waals surface area contributed by atoms with Crippen LogP contribution in [0.4, 0.5) is 0 Å². The molecule has 0 radical (unpaired) electrons. The first kappa shape index (κ1) is 15.8. The summed E-state index contributed by atoms with van der Waals surface area (Å²) in [7, 11) is 0. The maximum atomic E-state index is 5.87. The zero-order valence-electron chi connectivity index (χ0n) is 13.4. The third kappa shape index (κ3) is 4.21. The summed E-state index contributed by atoms with van der Waals surface area (Å²) in [6.45, 7) is 8.21. The van der Waals surface area contributed by atoms with Crippen molar-refractivity contribution >= 4 is 0 Å². The quantitative estimate of drug-likeness (QED) is 0.816. The van der Waals surface area contributed by atoms with Gasteiger partial charge in [-0.1, -0.05) is 36.4 Å². The zero-order chi connectivity index (χ0) is 15.9. The molecule has 0 amide bonds. The summed E-state index contributed by atoms with van der Waals surface area (Å²) in [5, 5.41) is 3.41. The van der Waals surface area contributed by atoms with Crippen LogP contribution in [-0.4, -0.2) is 31.1 Å². The fourth-order valence-electron chi connectivity index (χ4n) is 3.03. The lowest BCUT2D eigenvalue weighted by Gasteiger charge is -2.34. The van der Waals surface area contributed by atoms with E-state index in [-0.39, 0.29) is 0 Å². The molecule has 0 bridgehead atoms. The number of hydrogen-bond acceptors (Lipinski definition) is 3. The average Bonchev–Trinajstić information content (AvgIpc) is 2.62. The molecule has 0 spiro atoms. The molecule has 1 aliphatic heterocycles. The Kier molecular flexibility index (Phi) is 5.46. The van der Waals surface area contributed by atoms with Gasteiger partial charge in [0.1, 0.15) is 11.5 Å². The monoisotopic (exact) mass is 308 g/mol. The summed E-state index contributed by atoms with van der Waals surface area (Å²) in [6.07, 6.45) is 2.99. The highest BCUT2D eigenvalue weighted by molar-refractivity contribution is 5.34. The van der Waals surface area contributed by atoms with E-state index in [4.69, 9.17) is 4.74 Å². The third-order valence-electron chi connectivity index (χ3n) is 4.23. The van der Waals surface area contributed by atoms with Crippen LogP contribution >= 0.6 is 0 Å². The van der Waals surface area contributed by atoms with Crippen molar-refractivity contribution in [1.82, 2.24) is 10.2 Å². The number of para-hydroxylation sites is 1. The Balaban J connectivity index is 1.72. The molecule has 3 heteroatoms. The number of benzene rings is 2. The first-order valence-electron chi connectivity index (χ1n) is 8.25. The molecule has 1 aliphatic rings. The second-order valence-corrected chi connectivity index (χ2v) is 5.81. The van der Waals surface area contributed by atoms with Crippen molar-refractivity contribution in [3.63, 3.8) is 0 Å². The summed E-state index contributed by atoms with van der Waals surface area (Å²) >= 11 is 0. The fraction of sp³-hybridized carbons (Fsp3) is 0.300. The number of ether oxygens (including phenoxy) is 1. The van der Waals surface area contributed by atoms with E-state index in [0.29, 0.717) is 6.04 Å². The lowest BCUT2D eigenvalue weighted by atomic mass is 10.0. The molecule has 1 saturated heterocycles. The Bertz CT molecular complexity index is 603. The van der Waals surface area contributed by atoms with Gasteiger partial charge in [0.15, 0.2) is 0 Å². The number of nitrogens with zero attached hydrogens (tertiary/aromatic N) is 1. The molecule has 1 atom stereocenters. The lowest BCUT2D eigenvalue weighted by molar-refractivity contribution is 0.174. The van der Waals surface area contributed by atoms with Gasteiger partial charge in [-0.2, -0.15) is 0 Å². The van der Waals surface area contributed by atoms with Crippen LogP contribution in [0.1, 0.15) is 18.0 Å². The Hall–Kier alpha value is -2.10. The predicted octanol–water partition coefficient (Wildman–Crippen LogP) is 4.00. The van der Waals surface area contributed by atoms with E-state index < -0.39 is 0 Å². The molecular formula is C20H24N2O. The minimum Gasteiger partial charge on any atom is -0.457 e. The molecular weight excluding hydrogens is 284 g/mol. The molecule has 3 rings (SSSR count). The van der Waals surface area contributed by atoms with Crippen LogP contribution in [0.15, 0.2) is 67.3 Å². The second kappa shape index (κ2) is 7.95. The van der Waals surface area contributed by atoms with Gasteiger partial charge in [0.05, 0.1) is 0 Å². The van der Waals surface area contributed by atoms with E-state index >= 15 is 0 Å². The summed E-state index contributed by atoms with van der Waals surface area (Å²) in [5.41, 5.74) is 1.33. The van der Waals surface area contributed by atoms with Crippen molar-refractivity contribution in [2.45, 2.75) is 12.5 Å². The van der Waals surface area contributed by atoms with Gasteiger partial charge in [0.25, 0.3) is 0 Å². The molecule has 2 aromatic rings. The molecule has 0 unspecified atom stereocenters. The van der Waals surface area contributed by atoms with Crippen molar-refractivity contribution in [2.24, 2.45) is 0 Å². The standard InChI is InChI=1S/C20H24N2O/c1-2-6-20(22-15-13-21-14-16-22)17-9-11-19(12-10-17)23-18-7-4-3-5-8-18/h2-5,7-12,20-21H,1,6,13-16H2/t20-/m1/s1. The fourth-order valence-corrected chi connectivity index (χ4v) is 3.03. The maximum Gasteiger partial charge on any atom is 0.127 e. The molecule has 120 valence electrons. The van der Waals surface area contributed by atoms with E-state index in [9.17, 15) is 0 Å². The zero-order valence-corrected chi connectivity index (χ0v) is 13.4. The van der Waals surface area contributed by atoms with Crippen LogP contribution in [0.2, 0.25) is 0 Å². The van der Waals surface area contributed by atoms with Crippen molar-refractivity contribution in [1.29, 1.82) is 0 Å². The van der Waals surface area contributed by atoms with Crippen molar-refractivity contribution in [3.05, 3.63) is 72.8 Å². The minimum absolute atomic E-state index is 0.403. The summed E-state index contributed by atoms with van der Waals surface area (Å²) in [5.74, 6) is 1.74. The molecule has 1 heterocycles. The molecule has 2 aromatic carbocycles. The normalized spacial score (nSPS) is 16.7. The van der Waals surface area contributed by atoms with Crippen LogP contribution in [0, 0.1) is 0 Å². The van der Waals surface area contributed by atoms with E-state index in [1.807, 2.05) is 36.4 Å². The number of hydrogen-bond donors (Lipinski definition) is 1. The summed E-state index contributed by atoms with van der Waals surface area (Å²) < 4.78 is 5.87. The number of rotatable bonds is 6. The van der Waals surface area contributed by atoms with Crippen LogP contribution < -0.4 is 10.1 Å². The smallest absolute Gasteiger partial charge is 0.127 e. The van der Waals surface area contributed by atoms with Gasteiger partial charge in [-0.05, 0) is 36.2 Å². The molecule has 3 nitrogen and oxygen atoms in total. The van der Waals surface area contributed by atoms with Crippen LogP contribution in [0.5, 0.6) is 11.5 Å². The molecule has 1 fully saturated rings. The SMILES string of the molecule is C=CC[C@H](c1ccc(Oc2ccccc2)cc1)N1CCNCC1. The third-order valence-corrected chi connectivity index (χ3v) is 4.23. The number of piperazine rings is 1. The molecule has 1 N–H and O–H groups in total. The van der Waals surface area contributed by atoms with Gasteiger partial charge in [0.2, 0.25) is 0 Å². The Labute approximate surface area is 138 Å². The highest BCUT2D eigenvalue weighted by Crippen LogP contribution is 2.28. The van der Waals surface area contributed by atoms with Gasteiger partial charge in [-0.25, -0.2) is 0 Å². The van der Waals surface area contributed by atoms with Gasteiger partial charge in [-0.15, -0.1) is 6.58 Å². The van der Waals surface area contributed by atoms with Gasteiger partial charge in [-0.3, -0.25) is 4.90 Å². The Morgan fingerprint density at radius 1 is 1.00 bits per heavy atom. The highest BCUT2D eigenvalue weighted by Gasteiger charge is 2.20. The van der Waals surface area contributed by atoms with Crippen LogP contribution in [-0.2, 0) is 0 Å². The molecule has 0 aliphatic carbocycles. The van der Waals surface area contributed by atoms with Crippen LogP contribution in [0.25, 0.3) is 0 Å². The van der Waals surface area contributed by atoms with Gasteiger partial charge < -0.3 is 10.1 Å². The van der Waals surface area contributed by atoms with E-state index in [1.54, 1.807) is 0 Å². The first-order chi connectivity index (χ1) is 11.4. The summed E-state index contributed by atoms with van der Waals surface area (Å²) in [6, 6.07) is 18.8. The topological polar surface area (TPSA) is 24.5 Å². The highest BCUT2D eigenvalue weighted by atomic mass is 16.5. The van der Waals surface area contributed by atoms with Gasteiger partial charge >= 0.3 is 0 Å². The van der Waals surface area contributed by atoms with E-state index in [0.717, 1.165) is 44.1 Å². The van der Waals surface area contributed by atoms with E-state index in [2.05, 4.69) is 41.1 Å². The lowest BCUT2D eigenvalue weighted by Crippen LogP contribution is -2.45. The second-order valence-electron chi connectivity index (χ2n) is 5.81. The van der Waals surface area contributed by atoms with Gasteiger partial charge in [0, 0.05) is 32.2 Å². The Morgan fingerprint density at radius 3 is 2.30 bits per heavy atom. The predicted molar refractivity (Wildman–Crippen MR) is 95.0 cm³/mol. The summed E-state index contributed by atoms with van der Waals surface area (Å²) in [4.78, 5) is 2.53. The van der Waals surface area contributed by atoms with Crippen molar-refractivity contribution in [2.75, 3.05) is 26.2 Å². The maximum absolute atomic E-state index is 5.87. The van der Waals surface area contributed by atoms with Crippen molar-refractivity contribution in [3.8, 4) is 11.5 Å². The molecule has 0 aromatic heterocycles. The Morgan fingerprint density at radius 2 is 1.65 bits per heavy atom. The molecule has 0 saturated carbocycles. The minimum atomic E-state index is 0.403. The van der Waals surface area contributed by atoms with Crippen LogP contribution in [0.3, 0.4) is 0 Å². The first-order valence-corrected chi connectivity index (χ1v) is 8.25.